The first-order valence-corrected chi connectivity index (χ1v) is 8.16. The van der Waals surface area contributed by atoms with Crippen LogP contribution in [0.2, 0.25) is 0 Å². The number of nitrogens with zero attached hydrogens (tertiary/aromatic N) is 1. The molecule has 0 fully saturated rings. The van der Waals surface area contributed by atoms with Crippen molar-refractivity contribution >= 4 is 11.8 Å². The summed E-state index contributed by atoms with van der Waals surface area (Å²) in [6.45, 7) is 6.70. The summed E-state index contributed by atoms with van der Waals surface area (Å²) in [5.74, 6) is 0.278. The molecular weight excluding hydrogens is 322 g/mol. The minimum atomic E-state index is -0.821. The largest absolute Gasteiger partial charge is 0.485 e. The molecule has 2 N–H and O–H groups in total. The molecule has 7 nitrogen and oxygen atoms in total. The zero-order valence-corrected chi connectivity index (χ0v) is 14.5. The van der Waals surface area contributed by atoms with Gasteiger partial charge in [-0.15, -0.1) is 0 Å². The lowest BCUT2D eigenvalue weighted by Gasteiger charge is -2.25. The van der Waals surface area contributed by atoms with Gasteiger partial charge in [0.2, 0.25) is 6.10 Å². The third-order valence-electron chi connectivity index (χ3n) is 4.23. The number of rotatable bonds is 3. The van der Waals surface area contributed by atoms with Crippen LogP contribution in [0, 0.1) is 13.8 Å². The van der Waals surface area contributed by atoms with Crippen molar-refractivity contribution in [3.8, 4) is 11.5 Å². The van der Waals surface area contributed by atoms with Gasteiger partial charge in [0, 0.05) is 17.9 Å². The number of carbonyl (C=O) groups excluding carboxylic acids is 2. The number of benzene rings is 1. The Bertz CT molecular complexity index is 813. The van der Waals surface area contributed by atoms with Gasteiger partial charge in [-0.1, -0.05) is 12.1 Å². The van der Waals surface area contributed by atoms with Crippen molar-refractivity contribution in [2.45, 2.75) is 33.4 Å². The Balaban J connectivity index is 1.60. The number of hydrazine groups is 1. The molecule has 25 heavy (non-hydrogen) atoms. The molecule has 1 unspecified atom stereocenters. The summed E-state index contributed by atoms with van der Waals surface area (Å²) < 4.78 is 13.1. The summed E-state index contributed by atoms with van der Waals surface area (Å²) >= 11 is 0. The Labute approximate surface area is 145 Å². The number of hydrogen-bond acceptors (Lipinski definition) is 4. The number of para-hydroxylation sites is 2. The lowest BCUT2D eigenvalue weighted by Crippen LogP contribution is -2.50. The van der Waals surface area contributed by atoms with E-state index in [4.69, 9.17) is 9.47 Å². The van der Waals surface area contributed by atoms with Gasteiger partial charge in [0.1, 0.15) is 6.61 Å². The van der Waals surface area contributed by atoms with Gasteiger partial charge in [-0.2, -0.15) is 0 Å². The molecule has 0 aliphatic carbocycles. The maximum atomic E-state index is 12.3. The molecule has 0 saturated carbocycles. The Hall–Kier alpha value is -2.96. The molecule has 1 aromatic heterocycles. The van der Waals surface area contributed by atoms with E-state index in [-0.39, 0.29) is 12.5 Å². The fraction of sp³-hybridized carbons (Fsp3) is 0.333. The highest BCUT2D eigenvalue weighted by Crippen LogP contribution is 2.30. The van der Waals surface area contributed by atoms with Crippen molar-refractivity contribution in [3.63, 3.8) is 0 Å². The molecule has 1 atom stereocenters. The maximum Gasteiger partial charge on any atom is 0.283 e. The third-order valence-corrected chi connectivity index (χ3v) is 4.23. The summed E-state index contributed by atoms with van der Waals surface area (Å²) in [4.78, 5) is 24.5. The van der Waals surface area contributed by atoms with E-state index in [2.05, 4.69) is 10.9 Å². The molecule has 0 bridgehead atoms. The summed E-state index contributed by atoms with van der Waals surface area (Å²) in [7, 11) is 0. The number of amides is 2. The summed E-state index contributed by atoms with van der Waals surface area (Å²) in [6.07, 6.45) is -0.821. The van der Waals surface area contributed by atoms with Crippen LogP contribution in [0.4, 0.5) is 0 Å². The van der Waals surface area contributed by atoms with Gasteiger partial charge in [-0.3, -0.25) is 20.4 Å². The molecule has 0 saturated heterocycles. The second-order valence-electron chi connectivity index (χ2n) is 5.84. The number of hydrogen-bond donors (Lipinski definition) is 2. The molecule has 2 heterocycles. The minimum absolute atomic E-state index is 0.0864. The summed E-state index contributed by atoms with van der Waals surface area (Å²) in [5.41, 5.74) is 7.23. The molecule has 0 spiro atoms. The first kappa shape index (κ1) is 16.9. The molecule has 132 valence electrons. The van der Waals surface area contributed by atoms with Gasteiger partial charge < -0.3 is 14.0 Å². The highest BCUT2D eigenvalue weighted by atomic mass is 16.6. The van der Waals surface area contributed by atoms with E-state index in [1.165, 1.54) is 0 Å². The second kappa shape index (κ2) is 6.88. The topological polar surface area (TPSA) is 81.6 Å². The lowest BCUT2D eigenvalue weighted by atomic mass is 10.2. The average molecular weight is 343 g/mol. The first-order chi connectivity index (χ1) is 12.0. The van der Waals surface area contributed by atoms with Gasteiger partial charge in [0.05, 0.1) is 5.56 Å². The van der Waals surface area contributed by atoms with Crippen molar-refractivity contribution in [1.29, 1.82) is 0 Å². The third kappa shape index (κ3) is 3.31. The Morgan fingerprint density at radius 3 is 2.60 bits per heavy atom. The van der Waals surface area contributed by atoms with Crippen molar-refractivity contribution in [2.24, 2.45) is 0 Å². The lowest BCUT2D eigenvalue weighted by molar-refractivity contribution is -0.131. The van der Waals surface area contributed by atoms with Gasteiger partial charge in [0.15, 0.2) is 11.5 Å². The van der Waals surface area contributed by atoms with Gasteiger partial charge >= 0.3 is 0 Å². The first-order valence-electron chi connectivity index (χ1n) is 8.16. The zero-order chi connectivity index (χ0) is 18.0. The van der Waals surface area contributed by atoms with Crippen LogP contribution in [0.1, 0.15) is 28.7 Å². The van der Waals surface area contributed by atoms with E-state index in [1.54, 1.807) is 24.3 Å². The predicted molar refractivity (Wildman–Crippen MR) is 91.5 cm³/mol. The van der Waals surface area contributed by atoms with Gasteiger partial charge in [0.25, 0.3) is 11.8 Å². The monoisotopic (exact) mass is 343 g/mol. The van der Waals surface area contributed by atoms with Crippen molar-refractivity contribution in [1.82, 2.24) is 15.4 Å². The van der Waals surface area contributed by atoms with E-state index in [0.29, 0.717) is 17.1 Å². The molecule has 3 rings (SSSR count). The average Bonchev–Trinajstić information content (AvgIpc) is 2.92. The van der Waals surface area contributed by atoms with Crippen LogP contribution in [0.15, 0.2) is 30.3 Å². The SMILES string of the molecule is CCn1c(C)cc(C(=O)NNC(=O)C2COc3ccccc3O2)c1C. The van der Waals surface area contributed by atoms with E-state index in [9.17, 15) is 9.59 Å². The Morgan fingerprint density at radius 1 is 1.20 bits per heavy atom. The smallest absolute Gasteiger partial charge is 0.283 e. The normalized spacial score (nSPS) is 15.6. The van der Waals surface area contributed by atoms with Crippen molar-refractivity contribution < 1.29 is 19.1 Å². The zero-order valence-electron chi connectivity index (χ0n) is 14.5. The standard InChI is InChI=1S/C18H21N3O4/c1-4-21-11(2)9-13(12(21)3)17(22)19-20-18(23)16-10-24-14-7-5-6-8-15(14)25-16/h5-9,16H,4,10H2,1-3H3,(H,19,22)(H,20,23). The van der Waals surface area contributed by atoms with Crippen LogP contribution in [0.25, 0.3) is 0 Å². The molecule has 0 radical (unpaired) electrons. The number of ether oxygens (including phenoxy) is 2. The van der Waals surface area contributed by atoms with Gasteiger partial charge in [-0.05, 0) is 39.0 Å². The predicted octanol–water partition coefficient (Wildman–Crippen LogP) is 1.73. The fourth-order valence-corrected chi connectivity index (χ4v) is 2.93. The van der Waals surface area contributed by atoms with Crippen LogP contribution < -0.4 is 20.3 Å². The number of carbonyl (C=O) groups is 2. The quantitative estimate of drug-likeness (QED) is 0.832. The van der Waals surface area contributed by atoms with E-state index in [0.717, 1.165) is 17.9 Å². The van der Waals surface area contributed by atoms with Crippen LogP contribution in [-0.4, -0.2) is 29.1 Å². The number of aromatic nitrogens is 1. The second-order valence-corrected chi connectivity index (χ2v) is 5.84. The molecule has 2 aromatic rings. The van der Waals surface area contributed by atoms with Crippen LogP contribution in [0.3, 0.4) is 0 Å². The highest BCUT2D eigenvalue weighted by molar-refractivity contribution is 5.97. The molecular formula is C18H21N3O4. The van der Waals surface area contributed by atoms with E-state index in [1.807, 2.05) is 31.4 Å². The minimum Gasteiger partial charge on any atom is -0.485 e. The number of fused-ring (bicyclic) bond motifs is 1. The van der Waals surface area contributed by atoms with Crippen LogP contribution >= 0.6 is 0 Å². The number of aryl methyl sites for hydroxylation is 1. The number of nitrogens with one attached hydrogen (secondary N) is 2. The molecule has 1 aliphatic heterocycles. The Morgan fingerprint density at radius 2 is 1.92 bits per heavy atom. The summed E-state index contributed by atoms with van der Waals surface area (Å²) in [6, 6.07) is 8.93. The van der Waals surface area contributed by atoms with E-state index >= 15 is 0 Å². The van der Waals surface area contributed by atoms with Crippen LogP contribution in [0.5, 0.6) is 11.5 Å². The fourth-order valence-electron chi connectivity index (χ4n) is 2.93. The molecule has 1 aliphatic rings. The highest BCUT2D eigenvalue weighted by Gasteiger charge is 2.27. The molecule has 2 amide bonds. The van der Waals surface area contributed by atoms with Crippen molar-refractivity contribution in [3.05, 3.63) is 47.3 Å². The summed E-state index contributed by atoms with van der Waals surface area (Å²) in [5, 5.41) is 0. The Kier molecular flexibility index (Phi) is 4.65. The molecule has 1 aromatic carbocycles. The van der Waals surface area contributed by atoms with Crippen molar-refractivity contribution in [2.75, 3.05) is 6.61 Å². The maximum absolute atomic E-state index is 12.3. The van der Waals surface area contributed by atoms with E-state index < -0.39 is 12.0 Å². The molecule has 7 heteroatoms. The van der Waals surface area contributed by atoms with Gasteiger partial charge in [-0.25, -0.2) is 0 Å². The van der Waals surface area contributed by atoms with Crippen LogP contribution in [-0.2, 0) is 11.3 Å².